The van der Waals surface area contributed by atoms with Gasteiger partial charge in [-0.25, -0.2) is 4.79 Å². The molecule has 14 nitrogen and oxygen atoms in total. The number of carbonyl (C=O) groups excluding carboxylic acids is 4. The lowest BCUT2D eigenvalue weighted by molar-refractivity contribution is -0.132. The first-order valence-electron chi connectivity index (χ1n) is 16.0. The molecule has 9 N–H and O–H groups in total. The Morgan fingerprint density at radius 1 is 0.800 bits per heavy atom. The molecule has 0 unspecified atom stereocenters. The van der Waals surface area contributed by atoms with Crippen molar-refractivity contribution in [1.29, 1.82) is 0 Å². The number of hydrogen-bond acceptors (Lipinski definition) is 8. The maximum Gasteiger partial charge on any atom is 0.336 e. The Bertz CT molecular complexity index is 1910. The second-order valence-electron chi connectivity index (χ2n) is 11.8. The summed E-state index contributed by atoms with van der Waals surface area (Å²) < 4.78 is 5.31. The standard InChI is InChI=1S/C36H41N7O7/c1-21-17-32(46)50-31-20-25(12-15-27(21)31)41-33(47)28(9-6-16-39-36(37)38)42-35(49)30(19-24-10-13-26(45)14-11-24)43-34(48)29(40-22(2)44)18-23-7-4-3-5-8-23/h3-5,7-8,10-15,17,20,28-30,45H,6,9,16,18-19H2,1-2H3,(H,40,44)(H,41,47)(H,42,49)(H,43,48)(H4,37,38,39)/t28-,29-,30-/m0/s1. The second-order valence-corrected chi connectivity index (χ2v) is 11.8. The number of aromatic hydroxyl groups is 1. The predicted molar refractivity (Wildman–Crippen MR) is 189 cm³/mol. The molecule has 1 heterocycles. The molecule has 0 bridgehead atoms. The largest absolute Gasteiger partial charge is 0.508 e. The number of rotatable bonds is 15. The summed E-state index contributed by atoms with van der Waals surface area (Å²) in [6.45, 7) is 3.25. The van der Waals surface area contributed by atoms with E-state index >= 15 is 0 Å². The van der Waals surface area contributed by atoms with Crippen molar-refractivity contribution in [1.82, 2.24) is 16.0 Å². The lowest BCUT2D eigenvalue weighted by Gasteiger charge is -2.25. The average molecular weight is 684 g/mol. The SMILES string of the molecule is CC(=O)N[C@@H](Cc1ccccc1)C(=O)N[C@@H](Cc1ccc(O)cc1)C(=O)N[C@@H](CCCN=C(N)N)C(=O)Nc1ccc2c(C)cc(=O)oc2c1. The summed E-state index contributed by atoms with van der Waals surface area (Å²) in [5.41, 5.74) is 13.1. The van der Waals surface area contributed by atoms with Gasteiger partial charge in [-0.3, -0.25) is 24.2 Å². The maximum atomic E-state index is 14.0. The van der Waals surface area contributed by atoms with E-state index in [1.807, 2.05) is 30.3 Å². The molecule has 0 aliphatic rings. The number of nitrogens with zero attached hydrogens (tertiary/aromatic N) is 1. The minimum atomic E-state index is -1.19. The number of phenols is 1. The molecule has 4 amide bonds. The van der Waals surface area contributed by atoms with Gasteiger partial charge < -0.3 is 42.3 Å². The van der Waals surface area contributed by atoms with Crippen molar-refractivity contribution in [2.24, 2.45) is 16.5 Å². The van der Waals surface area contributed by atoms with Gasteiger partial charge in [-0.1, -0.05) is 42.5 Å². The van der Waals surface area contributed by atoms with Gasteiger partial charge in [0.25, 0.3) is 0 Å². The van der Waals surface area contributed by atoms with Crippen molar-refractivity contribution < 1.29 is 28.7 Å². The zero-order valence-corrected chi connectivity index (χ0v) is 27.8. The van der Waals surface area contributed by atoms with Crippen molar-refractivity contribution >= 4 is 46.2 Å². The molecule has 0 saturated heterocycles. The summed E-state index contributed by atoms with van der Waals surface area (Å²) in [6, 6.07) is 18.2. The predicted octanol–water partition coefficient (Wildman–Crippen LogP) is 1.76. The first-order chi connectivity index (χ1) is 23.9. The number of nitrogens with two attached hydrogens (primary N) is 2. The van der Waals surface area contributed by atoms with Gasteiger partial charge >= 0.3 is 5.63 Å². The van der Waals surface area contributed by atoms with E-state index in [-0.39, 0.29) is 43.1 Å². The van der Waals surface area contributed by atoms with Crippen LogP contribution in [0.1, 0.15) is 36.5 Å². The van der Waals surface area contributed by atoms with Gasteiger partial charge in [0, 0.05) is 49.5 Å². The quantitative estimate of drug-likeness (QED) is 0.0418. The smallest absolute Gasteiger partial charge is 0.336 e. The molecule has 0 spiro atoms. The highest BCUT2D eigenvalue weighted by Gasteiger charge is 2.30. The average Bonchev–Trinajstić information content (AvgIpc) is 3.06. The summed E-state index contributed by atoms with van der Waals surface area (Å²) in [5, 5.41) is 21.4. The van der Waals surface area contributed by atoms with Crippen LogP contribution in [0.4, 0.5) is 5.69 Å². The normalized spacial score (nSPS) is 12.6. The molecule has 50 heavy (non-hydrogen) atoms. The number of anilines is 1. The van der Waals surface area contributed by atoms with Gasteiger partial charge in [0.15, 0.2) is 5.96 Å². The second kappa shape index (κ2) is 17.3. The zero-order valence-electron chi connectivity index (χ0n) is 27.8. The Labute approximate surface area is 288 Å². The first-order valence-corrected chi connectivity index (χ1v) is 16.0. The van der Waals surface area contributed by atoms with Crippen LogP contribution in [0.2, 0.25) is 0 Å². The van der Waals surface area contributed by atoms with Crippen molar-refractivity contribution in [2.45, 2.75) is 57.7 Å². The Morgan fingerprint density at radius 3 is 2.06 bits per heavy atom. The van der Waals surface area contributed by atoms with E-state index < -0.39 is 47.4 Å². The number of carbonyl (C=O) groups is 4. The summed E-state index contributed by atoms with van der Waals surface area (Å²) in [5.74, 6) is -2.38. The number of aliphatic imine (C=N–C) groups is 1. The highest BCUT2D eigenvalue weighted by Crippen LogP contribution is 2.21. The van der Waals surface area contributed by atoms with Gasteiger partial charge in [-0.2, -0.15) is 0 Å². The van der Waals surface area contributed by atoms with Crippen LogP contribution in [0.15, 0.2) is 93.1 Å². The lowest BCUT2D eigenvalue weighted by Crippen LogP contribution is -2.57. The van der Waals surface area contributed by atoms with Gasteiger partial charge in [0.2, 0.25) is 23.6 Å². The fourth-order valence-electron chi connectivity index (χ4n) is 5.33. The molecular formula is C36H41N7O7. The Kier molecular flexibility index (Phi) is 12.7. The van der Waals surface area contributed by atoms with Crippen LogP contribution >= 0.6 is 0 Å². The van der Waals surface area contributed by atoms with Crippen LogP contribution in [0.3, 0.4) is 0 Å². The molecule has 3 aromatic carbocycles. The van der Waals surface area contributed by atoms with Crippen LogP contribution < -0.4 is 38.4 Å². The maximum absolute atomic E-state index is 14.0. The molecular weight excluding hydrogens is 642 g/mol. The summed E-state index contributed by atoms with van der Waals surface area (Å²) in [6.07, 6.45) is 0.611. The van der Waals surface area contributed by atoms with Crippen molar-refractivity contribution in [2.75, 3.05) is 11.9 Å². The van der Waals surface area contributed by atoms with E-state index in [4.69, 9.17) is 15.9 Å². The van der Waals surface area contributed by atoms with Crippen molar-refractivity contribution in [3.05, 3.63) is 106 Å². The third kappa shape index (κ3) is 10.9. The number of hydrogen-bond donors (Lipinski definition) is 7. The van der Waals surface area contributed by atoms with Crippen LogP contribution in [-0.2, 0) is 32.0 Å². The first kappa shape index (κ1) is 36.7. The van der Waals surface area contributed by atoms with Crippen molar-refractivity contribution in [3.63, 3.8) is 0 Å². The molecule has 0 aliphatic carbocycles. The van der Waals surface area contributed by atoms with E-state index in [1.165, 1.54) is 31.2 Å². The van der Waals surface area contributed by atoms with E-state index in [0.29, 0.717) is 28.6 Å². The van der Waals surface area contributed by atoms with Gasteiger partial charge in [-0.15, -0.1) is 0 Å². The summed E-state index contributed by atoms with van der Waals surface area (Å²) in [4.78, 5) is 69.2. The topological polar surface area (TPSA) is 231 Å². The van der Waals surface area contributed by atoms with E-state index in [1.54, 1.807) is 31.2 Å². The highest BCUT2D eigenvalue weighted by molar-refractivity contribution is 6.00. The molecule has 0 radical (unpaired) electrons. The number of guanidine groups is 1. The number of nitrogens with one attached hydrogen (secondary N) is 4. The number of phenolic OH excluding ortho intramolecular Hbond substituents is 1. The molecule has 0 saturated carbocycles. The highest BCUT2D eigenvalue weighted by atomic mass is 16.4. The van der Waals surface area contributed by atoms with E-state index in [9.17, 15) is 29.1 Å². The van der Waals surface area contributed by atoms with Gasteiger partial charge in [-0.05, 0) is 60.7 Å². The third-order valence-corrected chi connectivity index (χ3v) is 7.78. The molecule has 3 atom stereocenters. The Morgan fingerprint density at radius 2 is 1.42 bits per heavy atom. The summed E-state index contributed by atoms with van der Waals surface area (Å²) in [7, 11) is 0. The van der Waals surface area contributed by atoms with Gasteiger partial charge in [0.1, 0.15) is 29.5 Å². The number of aryl methyl sites for hydroxylation is 1. The minimum absolute atomic E-state index is 0.00137. The fourth-order valence-corrected chi connectivity index (χ4v) is 5.33. The number of fused-ring (bicyclic) bond motifs is 1. The Hall–Kier alpha value is -6.18. The monoisotopic (exact) mass is 683 g/mol. The van der Waals surface area contributed by atoms with E-state index in [0.717, 1.165) is 5.56 Å². The van der Waals surface area contributed by atoms with Crippen LogP contribution in [0.25, 0.3) is 11.0 Å². The van der Waals surface area contributed by atoms with E-state index in [2.05, 4.69) is 26.3 Å². The van der Waals surface area contributed by atoms with Crippen LogP contribution in [-0.4, -0.2) is 59.4 Å². The number of amides is 4. The van der Waals surface area contributed by atoms with Crippen LogP contribution in [0.5, 0.6) is 5.75 Å². The number of benzene rings is 3. The molecule has 1 aromatic heterocycles. The molecule has 4 aromatic rings. The van der Waals surface area contributed by atoms with Crippen molar-refractivity contribution in [3.8, 4) is 5.75 Å². The van der Waals surface area contributed by atoms with Gasteiger partial charge in [0.05, 0.1) is 0 Å². The summed E-state index contributed by atoms with van der Waals surface area (Å²) >= 11 is 0. The Balaban J connectivity index is 1.59. The zero-order chi connectivity index (χ0) is 36.2. The third-order valence-electron chi connectivity index (χ3n) is 7.78. The fraction of sp³-hybridized carbons (Fsp3) is 0.278. The van der Waals surface area contributed by atoms with Crippen LogP contribution in [0, 0.1) is 6.92 Å². The molecule has 4 rings (SSSR count). The molecule has 0 fully saturated rings. The molecule has 0 aliphatic heterocycles. The minimum Gasteiger partial charge on any atom is -0.508 e. The lowest BCUT2D eigenvalue weighted by atomic mass is 10.0. The molecule has 14 heteroatoms. The molecule has 262 valence electrons.